The number of rotatable bonds is 5. The van der Waals surface area contributed by atoms with Gasteiger partial charge in [-0.2, -0.15) is 4.98 Å². The van der Waals surface area contributed by atoms with Crippen LogP contribution in [0.15, 0.2) is 28.8 Å². The fourth-order valence-electron chi connectivity index (χ4n) is 1.60. The van der Waals surface area contributed by atoms with Gasteiger partial charge in [-0.05, 0) is 24.3 Å². The largest absolute Gasteiger partial charge is 0.478 e. The van der Waals surface area contributed by atoms with Crippen LogP contribution in [0, 0.1) is 6.92 Å². The number of aromatic carboxylic acids is 1. The maximum atomic E-state index is 11.8. The molecule has 1 heterocycles. The highest BCUT2D eigenvalue weighted by Crippen LogP contribution is 2.04. The number of hydrogen-bond donors (Lipinski definition) is 2. The summed E-state index contributed by atoms with van der Waals surface area (Å²) in [6, 6.07) is 5.72. The lowest BCUT2D eigenvalue weighted by Crippen LogP contribution is -2.26. The summed E-state index contributed by atoms with van der Waals surface area (Å²) in [4.78, 5) is 26.5. The molecule has 1 aromatic heterocycles. The first-order valence-corrected chi connectivity index (χ1v) is 5.97. The van der Waals surface area contributed by atoms with Crippen molar-refractivity contribution >= 4 is 11.9 Å². The topological polar surface area (TPSA) is 105 Å². The summed E-state index contributed by atoms with van der Waals surface area (Å²) in [7, 11) is 0. The van der Waals surface area contributed by atoms with Gasteiger partial charge < -0.3 is 14.9 Å². The molecule has 0 unspecified atom stereocenters. The summed E-state index contributed by atoms with van der Waals surface area (Å²) < 4.78 is 4.81. The van der Waals surface area contributed by atoms with Crippen molar-refractivity contribution in [3.8, 4) is 0 Å². The molecule has 7 nitrogen and oxygen atoms in total. The van der Waals surface area contributed by atoms with Crippen LogP contribution in [-0.2, 0) is 6.42 Å². The van der Waals surface area contributed by atoms with Crippen molar-refractivity contribution in [2.75, 3.05) is 6.54 Å². The van der Waals surface area contributed by atoms with E-state index in [1.165, 1.54) is 24.3 Å². The second-order valence-electron chi connectivity index (χ2n) is 4.12. The van der Waals surface area contributed by atoms with Gasteiger partial charge in [-0.15, -0.1) is 0 Å². The highest BCUT2D eigenvalue weighted by molar-refractivity contribution is 5.95. The van der Waals surface area contributed by atoms with Gasteiger partial charge in [-0.3, -0.25) is 4.79 Å². The summed E-state index contributed by atoms with van der Waals surface area (Å²) in [6.07, 6.45) is 0.469. The van der Waals surface area contributed by atoms with Gasteiger partial charge in [0.05, 0.1) is 5.56 Å². The number of aromatic nitrogens is 2. The van der Waals surface area contributed by atoms with Crippen LogP contribution < -0.4 is 5.32 Å². The van der Waals surface area contributed by atoms with Crippen molar-refractivity contribution in [1.82, 2.24) is 15.5 Å². The Labute approximate surface area is 114 Å². The number of benzene rings is 1. The summed E-state index contributed by atoms with van der Waals surface area (Å²) >= 11 is 0. The first-order chi connectivity index (χ1) is 9.56. The Morgan fingerprint density at radius 2 is 1.90 bits per heavy atom. The van der Waals surface area contributed by atoms with Crippen LogP contribution in [0.25, 0.3) is 0 Å². The molecule has 0 aliphatic heterocycles. The number of carbonyl (C=O) groups is 2. The first kappa shape index (κ1) is 13.7. The van der Waals surface area contributed by atoms with E-state index in [1.54, 1.807) is 6.92 Å². The average Bonchev–Trinajstić information content (AvgIpc) is 2.84. The number of carboxylic acid groups (broad SMARTS) is 1. The molecule has 2 aromatic rings. The molecule has 1 amide bonds. The van der Waals surface area contributed by atoms with Gasteiger partial charge in [0.15, 0.2) is 5.82 Å². The summed E-state index contributed by atoms with van der Waals surface area (Å²) in [5.41, 5.74) is 0.545. The predicted molar refractivity (Wildman–Crippen MR) is 68.5 cm³/mol. The molecule has 104 valence electrons. The monoisotopic (exact) mass is 275 g/mol. The quantitative estimate of drug-likeness (QED) is 0.844. The molecule has 0 aliphatic carbocycles. The van der Waals surface area contributed by atoms with Gasteiger partial charge in [0.2, 0.25) is 5.89 Å². The molecule has 0 fully saturated rings. The normalized spacial score (nSPS) is 10.2. The van der Waals surface area contributed by atoms with Crippen molar-refractivity contribution in [2.24, 2.45) is 0 Å². The summed E-state index contributed by atoms with van der Waals surface area (Å²) in [5.74, 6) is -0.286. The van der Waals surface area contributed by atoms with Crippen LogP contribution in [0.3, 0.4) is 0 Å². The van der Waals surface area contributed by atoms with Crippen LogP contribution in [0.5, 0.6) is 0 Å². The number of nitrogens with zero attached hydrogens (tertiary/aromatic N) is 2. The third-order valence-corrected chi connectivity index (χ3v) is 2.60. The molecule has 0 aliphatic rings. The molecule has 0 atom stereocenters. The van der Waals surface area contributed by atoms with E-state index in [1.807, 2.05) is 0 Å². The van der Waals surface area contributed by atoms with Crippen LogP contribution in [0.4, 0.5) is 0 Å². The Morgan fingerprint density at radius 1 is 1.25 bits per heavy atom. The number of aryl methyl sites for hydroxylation is 1. The van der Waals surface area contributed by atoms with Crippen LogP contribution in [-0.4, -0.2) is 33.7 Å². The van der Waals surface area contributed by atoms with Crippen LogP contribution in [0.1, 0.15) is 32.4 Å². The Morgan fingerprint density at radius 3 is 2.45 bits per heavy atom. The van der Waals surface area contributed by atoms with Crippen molar-refractivity contribution < 1.29 is 19.2 Å². The molecule has 1 aromatic carbocycles. The van der Waals surface area contributed by atoms with E-state index in [0.29, 0.717) is 30.2 Å². The van der Waals surface area contributed by atoms with E-state index < -0.39 is 5.97 Å². The first-order valence-electron chi connectivity index (χ1n) is 5.97. The number of amides is 1. The zero-order valence-corrected chi connectivity index (χ0v) is 10.8. The zero-order valence-electron chi connectivity index (χ0n) is 10.8. The molecule has 0 radical (unpaired) electrons. The second kappa shape index (κ2) is 5.96. The Bertz CT molecular complexity index is 619. The van der Waals surface area contributed by atoms with Gasteiger partial charge in [-0.25, -0.2) is 4.79 Å². The number of hydrogen-bond acceptors (Lipinski definition) is 5. The molecule has 2 rings (SSSR count). The van der Waals surface area contributed by atoms with Crippen molar-refractivity contribution in [3.05, 3.63) is 47.1 Å². The molecule has 0 saturated heterocycles. The summed E-state index contributed by atoms with van der Waals surface area (Å²) in [6.45, 7) is 2.07. The Kier molecular flexibility index (Phi) is 4.09. The molecule has 20 heavy (non-hydrogen) atoms. The minimum Gasteiger partial charge on any atom is -0.478 e. The highest BCUT2D eigenvalue weighted by Gasteiger charge is 2.08. The molecule has 2 N–H and O–H groups in total. The smallest absolute Gasteiger partial charge is 0.335 e. The molecule has 7 heteroatoms. The van der Waals surface area contributed by atoms with Crippen molar-refractivity contribution in [1.29, 1.82) is 0 Å². The Hall–Kier alpha value is -2.70. The summed E-state index contributed by atoms with van der Waals surface area (Å²) in [5, 5.41) is 15.2. The lowest BCUT2D eigenvalue weighted by Gasteiger charge is -2.03. The fraction of sp³-hybridized carbons (Fsp3) is 0.231. The lowest BCUT2D eigenvalue weighted by molar-refractivity contribution is 0.0696. The molecular weight excluding hydrogens is 262 g/mol. The van der Waals surface area contributed by atoms with E-state index in [4.69, 9.17) is 9.63 Å². The van der Waals surface area contributed by atoms with Gasteiger partial charge in [0.1, 0.15) is 0 Å². The minimum absolute atomic E-state index is 0.142. The van der Waals surface area contributed by atoms with Gasteiger partial charge in [0, 0.05) is 25.5 Å². The molecule has 0 spiro atoms. The van der Waals surface area contributed by atoms with E-state index in [-0.39, 0.29) is 11.5 Å². The zero-order chi connectivity index (χ0) is 14.5. The predicted octanol–water partition coefficient (Wildman–Crippen LogP) is 1.05. The lowest BCUT2D eigenvalue weighted by atomic mass is 10.1. The van der Waals surface area contributed by atoms with E-state index in [9.17, 15) is 9.59 Å². The highest BCUT2D eigenvalue weighted by atomic mass is 16.5. The second-order valence-corrected chi connectivity index (χ2v) is 4.12. The van der Waals surface area contributed by atoms with Gasteiger partial charge in [0.25, 0.3) is 5.91 Å². The Balaban J connectivity index is 1.86. The van der Waals surface area contributed by atoms with E-state index in [0.717, 1.165) is 0 Å². The number of carboxylic acids is 1. The molecule has 0 saturated carbocycles. The SMILES string of the molecule is Cc1nc(CCNC(=O)c2ccc(C(=O)O)cc2)no1. The number of nitrogens with one attached hydrogen (secondary N) is 1. The van der Waals surface area contributed by atoms with E-state index in [2.05, 4.69) is 15.5 Å². The standard InChI is InChI=1S/C13H13N3O4/c1-8-15-11(16-20-8)6-7-14-12(17)9-2-4-10(5-3-9)13(18)19/h2-5H,6-7H2,1H3,(H,14,17)(H,18,19). The third kappa shape index (κ3) is 3.41. The minimum atomic E-state index is -1.02. The molecular formula is C13H13N3O4. The van der Waals surface area contributed by atoms with E-state index >= 15 is 0 Å². The number of carbonyl (C=O) groups excluding carboxylic acids is 1. The molecule has 0 bridgehead atoms. The van der Waals surface area contributed by atoms with Crippen LogP contribution in [0.2, 0.25) is 0 Å². The van der Waals surface area contributed by atoms with Gasteiger partial charge >= 0.3 is 5.97 Å². The maximum absolute atomic E-state index is 11.8. The fourth-order valence-corrected chi connectivity index (χ4v) is 1.60. The van der Waals surface area contributed by atoms with Crippen molar-refractivity contribution in [3.63, 3.8) is 0 Å². The average molecular weight is 275 g/mol. The van der Waals surface area contributed by atoms with Gasteiger partial charge in [-0.1, -0.05) is 5.16 Å². The third-order valence-electron chi connectivity index (χ3n) is 2.60. The maximum Gasteiger partial charge on any atom is 0.335 e. The van der Waals surface area contributed by atoms with Crippen molar-refractivity contribution in [2.45, 2.75) is 13.3 Å². The van der Waals surface area contributed by atoms with Crippen LogP contribution >= 0.6 is 0 Å².